The van der Waals surface area contributed by atoms with Gasteiger partial charge in [0.1, 0.15) is 6.04 Å². The first-order valence-electron chi connectivity index (χ1n) is 7.12. The van der Waals surface area contributed by atoms with Crippen LogP contribution in [-0.2, 0) is 16.0 Å². The van der Waals surface area contributed by atoms with Crippen LogP contribution in [0, 0.1) is 0 Å². The Morgan fingerprint density at radius 3 is 2.04 bits per heavy atom. The van der Waals surface area contributed by atoms with Crippen molar-refractivity contribution in [2.75, 3.05) is 24.8 Å². The summed E-state index contributed by atoms with van der Waals surface area (Å²) in [6.45, 7) is 0.615. The third-order valence-electron chi connectivity index (χ3n) is 3.16. The van der Waals surface area contributed by atoms with Gasteiger partial charge in [-0.2, -0.15) is 0 Å². The van der Waals surface area contributed by atoms with Gasteiger partial charge in [0.15, 0.2) is 0 Å². The molecule has 134 valence electrons. The van der Waals surface area contributed by atoms with Gasteiger partial charge in [-0.05, 0) is 5.56 Å². The fourth-order valence-corrected chi connectivity index (χ4v) is 2.62. The molecule has 0 radical (unpaired) electrons. The van der Waals surface area contributed by atoms with E-state index in [2.05, 4.69) is 5.32 Å². The van der Waals surface area contributed by atoms with Gasteiger partial charge in [-0.25, -0.2) is 0 Å². The first-order valence-corrected chi connectivity index (χ1v) is 9.32. The van der Waals surface area contributed by atoms with Gasteiger partial charge < -0.3 is 10.2 Å². The summed E-state index contributed by atoms with van der Waals surface area (Å²) in [4.78, 5) is 26.2. The van der Waals surface area contributed by atoms with Gasteiger partial charge in [-0.1, -0.05) is 65.1 Å². The number of nitrogens with zero attached hydrogens (tertiary/aromatic N) is 1. The monoisotopic (exact) mass is 432 g/mol. The largest absolute Gasteiger partial charge is 0.340 e. The summed E-state index contributed by atoms with van der Waals surface area (Å²) >= 11 is 28.2. The Balaban J connectivity index is 2.98. The van der Waals surface area contributed by atoms with Gasteiger partial charge >= 0.3 is 0 Å². The highest BCUT2D eigenvalue weighted by atomic mass is 35.6. The predicted molar refractivity (Wildman–Crippen MR) is 100 cm³/mol. The van der Waals surface area contributed by atoms with Crippen LogP contribution in [0.5, 0.6) is 0 Å². The van der Waals surface area contributed by atoms with Crippen LogP contribution in [-0.4, -0.2) is 51.4 Å². The van der Waals surface area contributed by atoms with E-state index in [1.54, 1.807) is 0 Å². The molecule has 0 bridgehead atoms. The lowest BCUT2D eigenvalue weighted by atomic mass is 10.0. The molecule has 1 rings (SSSR count). The number of carbonyl (C=O) groups excluding carboxylic acids is 2. The lowest BCUT2D eigenvalue weighted by Gasteiger charge is -2.28. The summed E-state index contributed by atoms with van der Waals surface area (Å²) in [5, 5.41) is 2.49. The molecule has 24 heavy (non-hydrogen) atoms. The second kappa shape index (κ2) is 10.6. The normalized spacial score (nSPS) is 12.5. The number of halogens is 5. The van der Waals surface area contributed by atoms with E-state index in [4.69, 9.17) is 58.0 Å². The van der Waals surface area contributed by atoms with Crippen LogP contribution in [0.3, 0.4) is 0 Å². The molecule has 1 aromatic carbocycles. The molecule has 0 heterocycles. The number of nitrogens with one attached hydrogen (secondary N) is 1. The molecule has 9 heteroatoms. The summed E-state index contributed by atoms with van der Waals surface area (Å²) < 4.78 is -2.15. The van der Waals surface area contributed by atoms with E-state index < -0.39 is 15.7 Å². The Kier molecular flexibility index (Phi) is 9.53. The maximum absolute atomic E-state index is 12.8. The number of benzene rings is 1. The molecule has 2 amide bonds. The second-order valence-electron chi connectivity index (χ2n) is 4.92. The van der Waals surface area contributed by atoms with Crippen molar-refractivity contribution in [2.45, 2.75) is 16.3 Å². The molecular formula is C15H17Cl5N2O2. The van der Waals surface area contributed by atoms with Crippen LogP contribution in [0.1, 0.15) is 5.56 Å². The number of rotatable bonds is 8. The zero-order chi connectivity index (χ0) is 18.2. The Morgan fingerprint density at radius 1 is 1.04 bits per heavy atom. The summed E-state index contributed by atoms with van der Waals surface area (Å²) in [6.07, 6.45) is 0.257. The maximum atomic E-state index is 12.8. The summed E-state index contributed by atoms with van der Waals surface area (Å²) in [5.41, 5.74) is 0.858. The first kappa shape index (κ1) is 21.7. The van der Waals surface area contributed by atoms with Crippen molar-refractivity contribution in [2.24, 2.45) is 0 Å². The third kappa shape index (κ3) is 7.24. The standard InChI is InChI=1S/C15H17Cl5N2O2/c16-6-8-22(9-7-17)13(23)12(21-14(24)15(18,19)20)10-11-4-2-1-3-5-11/h1-5,12H,6-10H2,(H,21,24). The van der Waals surface area contributed by atoms with Crippen LogP contribution in [0.15, 0.2) is 30.3 Å². The second-order valence-corrected chi connectivity index (χ2v) is 7.95. The average Bonchev–Trinajstić information content (AvgIpc) is 2.53. The fraction of sp³-hybridized carbons (Fsp3) is 0.467. The van der Waals surface area contributed by atoms with Gasteiger partial charge in [-0.3, -0.25) is 9.59 Å². The molecule has 0 aliphatic rings. The molecule has 0 fully saturated rings. The molecule has 0 aliphatic heterocycles. The number of carbonyl (C=O) groups is 2. The summed E-state index contributed by atoms with van der Waals surface area (Å²) in [6, 6.07) is 8.33. The Bertz CT molecular complexity index is 530. The van der Waals surface area contributed by atoms with E-state index >= 15 is 0 Å². The highest BCUT2D eigenvalue weighted by Gasteiger charge is 2.35. The van der Waals surface area contributed by atoms with Crippen LogP contribution in [0.25, 0.3) is 0 Å². The topological polar surface area (TPSA) is 49.4 Å². The smallest absolute Gasteiger partial charge is 0.272 e. The van der Waals surface area contributed by atoms with Gasteiger partial charge in [0.2, 0.25) is 5.91 Å². The molecule has 0 saturated carbocycles. The van der Waals surface area contributed by atoms with E-state index in [1.807, 2.05) is 30.3 Å². The maximum Gasteiger partial charge on any atom is 0.272 e. The number of amides is 2. The molecule has 0 saturated heterocycles. The fourth-order valence-electron chi connectivity index (χ4n) is 2.05. The number of hydrogen-bond donors (Lipinski definition) is 1. The van der Waals surface area contributed by atoms with Crippen molar-refractivity contribution in [1.82, 2.24) is 10.2 Å². The highest BCUT2D eigenvalue weighted by Crippen LogP contribution is 2.26. The van der Waals surface area contributed by atoms with Crippen LogP contribution < -0.4 is 5.32 Å². The van der Waals surface area contributed by atoms with Crippen LogP contribution >= 0.6 is 58.0 Å². The van der Waals surface area contributed by atoms with Crippen molar-refractivity contribution in [1.29, 1.82) is 0 Å². The molecule has 0 spiro atoms. The molecule has 4 nitrogen and oxygen atoms in total. The minimum Gasteiger partial charge on any atom is -0.340 e. The van der Waals surface area contributed by atoms with Gasteiger partial charge in [0.25, 0.3) is 9.70 Å². The van der Waals surface area contributed by atoms with E-state index in [0.717, 1.165) is 5.56 Å². The third-order valence-corrected chi connectivity index (χ3v) is 4.02. The molecule has 1 atom stereocenters. The van der Waals surface area contributed by atoms with Crippen molar-refractivity contribution in [3.8, 4) is 0 Å². The van der Waals surface area contributed by atoms with E-state index in [-0.39, 0.29) is 24.1 Å². The number of hydrogen-bond acceptors (Lipinski definition) is 2. The lowest BCUT2D eigenvalue weighted by Crippen LogP contribution is -2.53. The van der Waals surface area contributed by atoms with E-state index in [0.29, 0.717) is 13.1 Å². The molecular weight excluding hydrogens is 417 g/mol. The van der Waals surface area contributed by atoms with Crippen LogP contribution in [0.2, 0.25) is 0 Å². The molecule has 1 unspecified atom stereocenters. The predicted octanol–water partition coefficient (Wildman–Crippen LogP) is 3.39. The van der Waals surface area contributed by atoms with E-state index in [1.165, 1.54) is 4.90 Å². The summed E-state index contributed by atoms with van der Waals surface area (Å²) in [5.74, 6) is -0.695. The Morgan fingerprint density at radius 2 is 1.58 bits per heavy atom. The van der Waals surface area contributed by atoms with E-state index in [9.17, 15) is 9.59 Å². The zero-order valence-electron chi connectivity index (χ0n) is 12.7. The first-order chi connectivity index (χ1) is 11.3. The Hall–Kier alpha value is -0.390. The van der Waals surface area contributed by atoms with Crippen LogP contribution in [0.4, 0.5) is 0 Å². The quantitative estimate of drug-likeness (QED) is 0.638. The van der Waals surface area contributed by atoms with Crippen molar-refractivity contribution in [3.63, 3.8) is 0 Å². The SMILES string of the molecule is O=C(C(Cc1ccccc1)NC(=O)C(Cl)(Cl)Cl)N(CCCl)CCCl. The summed E-state index contributed by atoms with van der Waals surface area (Å²) in [7, 11) is 0. The lowest BCUT2D eigenvalue weighted by molar-refractivity contribution is -0.135. The minimum absolute atomic E-state index is 0.249. The molecule has 1 aromatic rings. The van der Waals surface area contributed by atoms with Gasteiger partial charge in [0, 0.05) is 31.3 Å². The zero-order valence-corrected chi connectivity index (χ0v) is 16.4. The number of alkyl halides is 5. The highest BCUT2D eigenvalue weighted by molar-refractivity contribution is 6.76. The van der Waals surface area contributed by atoms with Crippen molar-refractivity contribution >= 4 is 69.8 Å². The molecule has 0 aromatic heterocycles. The average molecular weight is 435 g/mol. The van der Waals surface area contributed by atoms with Gasteiger partial charge in [-0.15, -0.1) is 23.2 Å². The molecule has 1 N–H and O–H groups in total. The molecule has 0 aliphatic carbocycles. The Labute approximate surface area is 166 Å². The minimum atomic E-state index is -2.15. The van der Waals surface area contributed by atoms with Gasteiger partial charge in [0.05, 0.1) is 0 Å². The van der Waals surface area contributed by atoms with Crippen molar-refractivity contribution < 1.29 is 9.59 Å². The van der Waals surface area contributed by atoms with Crippen molar-refractivity contribution in [3.05, 3.63) is 35.9 Å².